The van der Waals surface area contributed by atoms with Crippen LogP contribution in [0.3, 0.4) is 0 Å². The minimum absolute atomic E-state index is 0.0846. The van der Waals surface area contributed by atoms with Gasteiger partial charge in [-0.1, -0.05) is 19.8 Å². The van der Waals surface area contributed by atoms with Crippen molar-refractivity contribution in [3.63, 3.8) is 0 Å². The van der Waals surface area contributed by atoms with Crippen LogP contribution in [0.15, 0.2) is 18.2 Å². The van der Waals surface area contributed by atoms with Crippen molar-refractivity contribution in [2.75, 3.05) is 13.1 Å². The maximum atomic E-state index is 12.9. The van der Waals surface area contributed by atoms with Crippen LogP contribution in [0.1, 0.15) is 66.9 Å². The van der Waals surface area contributed by atoms with E-state index in [1.54, 1.807) is 6.92 Å². The van der Waals surface area contributed by atoms with Gasteiger partial charge in [-0.05, 0) is 69.0 Å². The van der Waals surface area contributed by atoms with Crippen molar-refractivity contribution in [2.24, 2.45) is 0 Å². The number of nitrogens with zero attached hydrogens (tertiary/aromatic N) is 1. The van der Waals surface area contributed by atoms with Crippen LogP contribution in [0, 0.1) is 0 Å². The third-order valence-electron chi connectivity index (χ3n) is 5.71. The lowest BCUT2D eigenvalue weighted by Crippen LogP contribution is -2.52. The maximum absolute atomic E-state index is 12.9. The average Bonchev–Trinajstić information content (AvgIpc) is 3.15. The molecule has 0 spiro atoms. The van der Waals surface area contributed by atoms with E-state index in [1.807, 2.05) is 0 Å². The summed E-state index contributed by atoms with van der Waals surface area (Å²) in [6.07, 6.45) is 2.70. The molecule has 26 heavy (non-hydrogen) atoms. The monoisotopic (exact) mass is 368 g/mol. The molecule has 144 valence electrons. The molecule has 6 heteroatoms. The molecule has 0 radical (unpaired) electrons. The van der Waals surface area contributed by atoms with E-state index in [0.717, 1.165) is 44.5 Å². The van der Waals surface area contributed by atoms with E-state index >= 15 is 0 Å². The quantitative estimate of drug-likeness (QED) is 0.854. The normalized spacial score (nSPS) is 24.6. The van der Waals surface area contributed by atoms with Crippen molar-refractivity contribution in [3.8, 4) is 0 Å². The number of halogens is 3. The summed E-state index contributed by atoms with van der Waals surface area (Å²) in [5, 5.41) is 3.13. The van der Waals surface area contributed by atoms with Crippen molar-refractivity contribution in [1.29, 1.82) is 0 Å². The molecule has 1 saturated carbocycles. The number of amides is 1. The number of hydrogen-bond donors (Lipinski definition) is 1. The first kappa shape index (κ1) is 19.2. The van der Waals surface area contributed by atoms with Gasteiger partial charge in [0.15, 0.2) is 0 Å². The molecule has 1 aromatic rings. The topological polar surface area (TPSA) is 32.3 Å². The van der Waals surface area contributed by atoms with E-state index in [0.29, 0.717) is 23.6 Å². The Bertz CT molecular complexity index is 638. The number of hydrogen-bond acceptors (Lipinski definition) is 2. The zero-order valence-electron chi connectivity index (χ0n) is 15.2. The van der Waals surface area contributed by atoms with Gasteiger partial charge in [0, 0.05) is 17.6 Å². The number of carbonyl (C=O) groups is 1. The Morgan fingerprint density at radius 3 is 2.50 bits per heavy atom. The number of carbonyl (C=O) groups excluding carboxylic acids is 1. The summed E-state index contributed by atoms with van der Waals surface area (Å²) in [6.45, 7) is 3.94. The van der Waals surface area contributed by atoms with Gasteiger partial charge in [-0.2, -0.15) is 13.2 Å². The van der Waals surface area contributed by atoms with Gasteiger partial charge < -0.3 is 5.32 Å². The lowest BCUT2D eigenvalue weighted by molar-refractivity contribution is -0.137. The molecule has 1 aliphatic heterocycles. The Kier molecular flexibility index (Phi) is 5.90. The molecule has 2 aliphatic rings. The maximum Gasteiger partial charge on any atom is 0.416 e. The van der Waals surface area contributed by atoms with Crippen LogP contribution in [0.2, 0.25) is 0 Å². The summed E-state index contributed by atoms with van der Waals surface area (Å²) in [5.41, 5.74) is 0.121. The molecule has 1 amide bonds. The van der Waals surface area contributed by atoms with E-state index in [9.17, 15) is 18.0 Å². The van der Waals surface area contributed by atoms with Crippen LogP contribution in [0.5, 0.6) is 0 Å². The van der Waals surface area contributed by atoms with Gasteiger partial charge in [0.25, 0.3) is 5.91 Å². The van der Waals surface area contributed by atoms with Crippen LogP contribution >= 0.6 is 0 Å². The smallest absolute Gasteiger partial charge is 0.348 e. The van der Waals surface area contributed by atoms with Gasteiger partial charge >= 0.3 is 6.18 Å². The van der Waals surface area contributed by atoms with Gasteiger partial charge in [-0.3, -0.25) is 9.69 Å². The Hall–Kier alpha value is -1.56. The molecule has 1 saturated heterocycles. The van der Waals surface area contributed by atoms with Crippen molar-refractivity contribution in [1.82, 2.24) is 10.2 Å². The summed E-state index contributed by atoms with van der Waals surface area (Å²) in [6, 6.07) is 3.88. The number of nitrogens with one attached hydrogen (secondary N) is 1. The van der Waals surface area contributed by atoms with Crippen LogP contribution in [0.25, 0.3) is 0 Å². The lowest BCUT2D eigenvalue weighted by atomic mass is 9.88. The van der Waals surface area contributed by atoms with E-state index in [-0.39, 0.29) is 11.9 Å². The first-order chi connectivity index (χ1) is 12.4. The summed E-state index contributed by atoms with van der Waals surface area (Å²) < 4.78 is 38.8. The summed E-state index contributed by atoms with van der Waals surface area (Å²) in [7, 11) is 0. The molecule has 1 unspecified atom stereocenters. The van der Waals surface area contributed by atoms with Crippen molar-refractivity contribution >= 4 is 5.91 Å². The second kappa shape index (κ2) is 7.99. The van der Waals surface area contributed by atoms with Crippen LogP contribution in [-0.2, 0) is 12.6 Å². The van der Waals surface area contributed by atoms with Crippen molar-refractivity contribution in [3.05, 3.63) is 34.9 Å². The minimum atomic E-state index is -4.39. The second-order valence-corrected chi connectivity index (χ2v) is 7.40. The predicted octanol–water partition coefficient (Wildman–Crippen LogP) is 4.40. The number of likely N-dealkylation sites (tertiary alicyclic amines) is 1. The first-order valence-electron chi connectivity index (χ1n) is 9.65. The standard InChI is InChI=1S/C20H27F3N2O/c1-2-14-13-15(20(21,22)23)9-10-16(14)19(26)24-17-7-3-4-8-18(17)25-11-5-6-12-25/h9-10,13,17-18H,2-8,11-12H2,1H3,(H,24,26)/t17-,18?/m1/s1. The van der Waals surface area contributed by atoms with E-state index in [1.165, 1.54) is 25.3 Å². The molecule has 2 fully saturated rings. The van der Waals surface area contributed by atoms with Gasteiger partial charge in [0.05, 0.1) is 5.56 Å². The fourth-order valence-electron chi connectivity index (χ4n) is 4.32. The number of aryl methyl sites for hydroxylation is 1. The minimum Gasteiger partial charge on any atom is -0.348 e. The van der Waals surface area contributed by atoms with Gasteiger partial charge in [-0.15, -0.1) is 0 Å². The highest BCUT2D eigenvalue weighted by Crippen LogP contribution is 2.31. The molecule has 0 bridgehead atoms. The third kappa shape index (κ3) is 4.22. The molecule has 1 heterocycles. The molecule has 1 N–H and O–H groups in total. The molecule has 0 aromatic heterocycles. The number of benzene rings is 1. The zero-order chi connectivity index (χ0) is 18.7. The molecule has 3 nitrogen and oxygen atoms in total. The second-order valence-electron chi connectivity index (χ2n) is 7.40. The highest BCUT2D eigenvalue weighted by molar-refractivity contribution is 5.96. The highest BCUT2D eigenvalue weighted by Gasteiger charge is 2.34. The fourth-order valence-corrected chi connectivity index (χ4v) is 4.32. The predicted molar refractivity (Wildman–Crippen MR) is 95.1 cm³/mol. The third-order valence-corrected chi connectivity index (χ3v) is 5.71. The Morgan fingerprint density at radius 2 is 1.85 bits per heavy atom. The Labute approximate surface area is 152 Å². The largest absolute Gasteiger partial charge is 0.416 e. The van der Waals surface area contributed by atoms with Gasteiger partial charge in [0.1, 0.15) is 0 Å². The van der Waals surface area contributed by atoms with E-state index in [2.05, 4.69) is 10.2 Å². The highest BCUT2D eigenvalue weighted by atomic mass is 19.4. The fraction of sp³-hybridized carbons (Fsp3) is 0.650. The Balaban J connectivity index is 1.76. The molecule has 1 aliphatic carbocycles. The van der Waals surface area contributed by atoms with Crippen LogP contribution in [0.4, 0.5) is 13.2 Å². The molecule has 1 aromatic carbocycles. The van der Waals surface area contributed by atoms with Crippen LogP contribution < -0.4 is 5.32 Å². The van der Waals surface area contributed by atoms with Crippen molar-refractivity contribution in [2.45, 2.75) is 70.1 Å². The zero-order valence-corrected chi connectivity index (χ0v) is 15.2. The molecular formula is C20H27F3N2O. The average molecular weight is 368 g/mol. The summed E-state index contributed by atoms with van der Waals surface area (Å²) >= 11 is 0. The van der Waals surface area contributed by atoms with Gasteiger partial charge in [-0.25, -0.2) is 0 Å². The first-order valence-corrected chi connectivity index (χ1v) is 9.65. The molecule has 2 atom stereocenters. The van der Waals surface area contributed by atoms with E-state index < -0.39 is 11.7 Å². The van der Waals surface area contributed by atoms with E-state index in [4.69, 9.17) is 0 Å². The molecular weight excluding hydrogens is 341 g/mol. The number of alkyl halides is 3. The lowest BCUT2D eigenvalue weighted by Gasteiger charge is -2.38. The number of rotatable bonds is 4. The summed E-state index contributed by atoms with van der Waals surface area (Å²) in [4.78, 5) is 15.3. The van der Waals surface area contributed by atoms with Crippen molar-refractivity contribution < 1.29 is 18.0 Å². The SMILES string of the molecule is CCc1cc(C(F)(F)F)ccc1C(=O)N[C@@H]1CCCCC1N1CCCC1. The summed E-state index contributed by atoms with van der Waals surface area (Å²) in [5.74, 6) is -0.244. The Morgan fingerprint density at radius 1 is 1.15 bits per heavy atom. The molecule has 3 rings (SSSR count). The van der Waals surface area contributed by atoms with Crippen LogP contribution in [-0.4, -0.2) is 36.0 Å². The van der Waals surface area contributed by atoms with Gasteiger partial charge in [0.2, 0.25) is 0 Å².